The van der Waals surface area contributed by atoms with Crippen molar-refractivity contribution < 1.29 is 9.53 Å². The van der Waals surface area contributed by atoms with Crippen LogP contribution in [-0.2, 0) is 13.7 Å². The number of carbonyl (C=O) groups excluding carboxylic acids is 1. The summed E-state index contributed by atoms with van der Waals surface area (Å²) in [5.74, 6) is 0.110. The van der Waals surface area contributed by atoms with Gasteiger partial charge >= 0.3 is 0 Å². The fourth-order valence-electron chi connectivity index (χ4n) is 1.84. The monoisotopic (exact) mass is 291 g/mol. The summed E-state index contributed by atoms with van der Waals surface area (Å²) in [6, 6.07) is 7.05. The quantitative estimate of drug-likeness (QED) is 0.861. The number of rotatable bonds is 5. The number of aromatic nitrogens is 2. The van der Waals surface area contributed by atoms with E-state index in [4.69, 9.17) is 16.5 Å². The molecule has 0 fully saturated rings. The van der Waals surface area contributed by atoms with Gasteiger partial charge in [-0.15, -0.1) is 5.10 Å². The minimum atomic E-state index is -0.380. The molecule has 0 aliphatic carbocycles. The largest absolute Gasteiger partial charge is 0.472 e. The molecule has 0 saturated carbocycles. The van der Waals surface area contributed by atoms with E-state index in [0.717, 1.165) is 5.56 Å². The molecular weight excluding hydrogens is 278 g/mol. The highest BCUT2D eigenvalue weighted by molar-refractivity contribution is 6.24. The molecule has 0 aliphatic rings. The highest BCUT2D eigenvalue weighted by Crippen LogP contribution is 2.19. The molecule has 0 atom stereocenters. The van der Waals surface area contributed by atoms with E-state index >= 15 is 0 Å². The summed E-state index contributed by atoms with van der Waals surface area (Å²) in [4.78, 5) is 13.9. The number of hydrogen-bond acceptors (Lipinski definition) is 3. The summed E-state index contributed by atoms with van der Waals surface area (Å²) in [5, 5.41) is 4.12. The standard InChI is InChI=1S/C14H14ClN3O2/c1-3-10-5-4-6-11(14(19)16-15)12(10)9-20-13-7-8-18(2)17-13/h3-8H,1,9H2,2H3,(H,16,19). The van der Waals surface area contributed by atoms with Crippen molar-refractivity contribution >= 4 is 23.8 Å². The second-order valence-corrected chi connectivity index (χ2v) is 4.31. The van der Waals surface area contributed by atoms with Crippen LogP contribution >= 0.6 is 11.8 Å². The maximum atomic E-state index is 11.8. The van der Waals surface area contributed by atoms with Crippen molar-refractivity contribution in [1.29, 1.82) is 0 Å². The van der Waals surface area contributed by atoms with E-state index in [0.29, 0.717) is 17.0 Å². The molecule has 2 aromatic rings. The van der Waals surface area contributed by atoms with Gasteiger partial charge in [0, 0.05) is 42.2 Å². The molecule has 6 heteroatoms. The lowest BCUT2D eigenvalue weighted by Crippen LogP contribution is -2.16. The Kier molecular flexibility index (Phi) is 4.42. The zero-order chi connectivity index (χ0) is 14.5. The Balaban J connectivity index is 2.28. The lowest BCUT2D eigenvalue weighted by molar-refractivity contribution is 0.0979. The van der Waals surface area contributed by atoms with E-state index < -0.39 is 0 Å². The minimum absolute atomic E-state index is 0.207. The predicted molar refractivity (Wildman–Crippen MR) is 77.4 cm³/mol. The highest BCUT2D eigenvalue weighted by Gasteiger charge is 2.14. The van der Waals surface area contributed by atoms with Crippen molar-refractivity contribution in [3.63, 3.8) is 0 Å². The first-order valence-corrected chi connectivity index (χ1v) is 6.31. The van der Waals surface area contributed by atoms with Crippen molar-refractivity contribution in [2.45, 2.75) is 6.61 Å². The maximum Gasteiger partial charge on any atom is 0.266 e. The van der Waals surface area contributed by atoms with Gasteiger partial charge in [0.05, 0.1) is 0 Å². The Morgan fingerprint density at radius 1 is 1.55 bits per heavy atom. The van der Waals surface area contributed by atoms with E-state index in [1.807, 2.05) is 6.07 Å². The molecule has 1 aromatic carbocycles. The number of carbonyl (C=O) groups is 1. The van der Waals surface area contributed by atoms with Crippen LogP contribution < -0.4 is 9.57 Å². The van der Waals surface area contributed by atoms with Crippen LogP contribution in [-0.4, -0.2) is 15.7 Å². The number of benzene rings is 1. The van der Waals surface area contributed by atoms with Crippen LogP contribution in [0.5, 0.6) is 5.88 Å². The van der Waals surface area contributed by atoms with Crippen LogP contribution in [0.25, 0.3) is 6.08 Å². The van der Waals surface area contributed by atoms with Crippen LogP contribution in [0.4, 0.5) is 0 Å². The molecule has 0 radical (unpaired) electrons. The van der Waals surface area contributed by atoms with Crippen molar-refractivity contribution in [2.75, 3.05) is 0 Å². The van der Waals surface area contributed by atoms with Gasteiger partial charge in [0.25, 0.3) is 5.91 Å². The molecule has 20 heavy (non-hydrogen) atoms. The summed E-state index contributed by atoms with van der Waals surface area (Å²) in [6.07, 6.45) is 3.45. The molecule has 2 rings (SSSR count). The molecular formula is C14H14ClN3O2. The number of nitrogens with one attached hydrogen (secondary N) is 1. The average Bonchev–Trinajstić information content (AvgIpc) is 2.89. The highest BCUT2D eigenvalue weighted by atomic mass is 35.5. The van der Waals surface area contributed by atoms with Crippen LogP contribution in [0.2, 0.25) is 0 Å². The molecule has 1 aromatic heterocycles. The van der Waals surface area contributed by atoms with Crippen LogP contribution in [0.15, 0.2) is 37.0 Å². The molecule has 1 N–H and O–H groups in total. The van der Waals surface area contributed by atoms with Gasteiger partial charge in [0.2, 0.25) is 5.88 Å². The number of nitrogens with zero attached hydrogens (tertiary/aromatic N) is 2. The van der Waals surface area contributed by atoms with E-state index in [1.54, 1.807) is 42.2 Å². The first kappa shape index (κ1) is 14.1. The van der Waals surface area contributed by atoms with E-state index in [-0.39, 0.29) is 12.5 Å². The summed E-state index contributed by atoms with van der Waals surface area (Å²) in [7, 11) is 1.80. The molecule has 104 valence electrons. The SMILES string of the molecule is C=Cc1cccc(C(=O)NCl)c1COc1ccn(C)n1. The zero-order valence-electron chi connectivity index (χ0n) is 11.0. The zero-order valence-corrected chi connectivity index (χ0v) is 11.7. The molecule has 0 bridgehead atoms. The van der Waals surface area contributed by atoms with E-state index in [2.05, 4.69) is 16.5 Å². The van der Waals surface area contributed by atoms with Gasteiger partial charge in [-0.05, 0) is 11.6 Å². The second-order valence-electron chi connectivity index (χ2n) is 4.12. The van der Waals surface area contributed by atoms with Crippen LogP contribution in [0, 0.1) is 0 Å². The third kappa shape index (κ3) is 3.00. The smallest absolute Gasteiger partial charge is 0.266 e. The van der Waals surface area contributed by atoms with Crippen molar-refractivity contribution in [1.82, 2.24) is 14.6 Å². The molecule has 1 heterocycles. The normalized spacial score (nSPS) is 10.1. The average molecular weight is 292 g/mol. The first-order chi connectivity index (χ1) is 9.65. The molecule has 1 amide bonds. The molecule has 0 unspecified atom stereocenters. The molecule has 0 saturated heterocycles. The predicted octanol–water partition coefficient (Wildman–Crippen LogP) is 2.53. The Morgan fingerprint density at radius 2 is 2.35 bits per heavy atom. The van der Waals surface area contributed by atoms with Gasteiger partial charge in [-0.3, -0.25) is 14.3 Å². The third-order valence-electron chi connectivity index (χ3n) is 2.82. The van der Waals surface area contributed by atoms with Crippen molar-refractivity contribution in [2.24, 2.45) is 7.05 Å². The van der Waals surface area contributed by atoms with Gasteiger partial charge < -0.3 is 4.74 Å². The number of aryl methyl sites for hydroxylation is 1. The maximum absolute atomic E-state index is 11.8. The van der Waals surface area contributed by atoms with Gasteiger partial charge in [-0.25, -0.2) is 0 Å². The second kappa shape index (κ2) is 6.25. The molecule has 0 spiro atoms. The lowest BCUT2D eigenvalue weighted by Gasteiger charge is -2.11. The van der Waals surface area contributed by atoms with Gasteiger partial charge in [0.15, 0.2) is 0 Å². The molecule has 5 nitrogen and oxygen atoms in total. The van der Waals surface area contributed by atoms with Crippen LogP contribution in [0.3, 0.4) is 0 Å². The number of halogens is 1. The Labute approximate surface area is 121 Å². The fraction of sp³-hybridized carbons (Fsp3) is 0.143. The van der Waals surface area contributed by atoms with E-state index in [1.165, 1.54) is 0 Å². The number of amides is 1. The van der Waals surface area contributed by atoms with Gasteiger partial charge in [0.1, 0.15) is 6.61 Å². The molecule has 0 aliphatic heterocycles. The summed E-state index contributed by atoms with van der Waals surface area (Å²) in [5.41, 5.74) is 1.98. The van der Waals surface area contributed by atoms with Crippen LogP contribution in [0.1, 0.15) is 21.5 Å². The number of ether oxygens (including phenoxy) is 1. The van der Waals surface area contributed by atoms with E-state index in [9.17, 15) is 4.79 Å². The topological polar surface area (TPSA) is 56.1 Å². The first-order valence-electron chi connectivity index (χ1n) is 5.93. The lowest BCUT2D eigenvalue weighted by atomic mass is 10.0. The fourth-order valence-corrected chi connectivity index (χ4v) is 1.94. The Morgan fingerprint density at radius 3 is 2.95 bits per heavy atom. The third-order valence-corrected chi connectivity index (χ3v) is 2.99. The Hall–Kier alpha value is -2.27. The minimum Gasteiger partial charge on any atom is -0.472 e. The van der Waals surface area contributed by atoms with Crippen molar-refractivity contribution in [3.05, 3.63) is 53.7 Å². The van der Waals surface area contributed by atoms with Gasteiger partial charge in [-0.2, -0.15) is 0 Å². The summed E-state index contributed by atoms with van der Waals surface area (Å²) < 4.78 is 7.23. The van der Waals surface area contributed by atoms with Crippen molar-refractivity contribution in [3.8, 4) is 5.88 Å². The Bertz CT molecular complexity index is 637. The summed E-state index contributed by atoms with van der Waals surface area (Å²) >= 11 is 5.39. The number of hydrogen-bond donors (Lipinski definition) is 1. The summed E-state index contributed by atoms with van der Waals surface area (Å²) in [6.45, 7) is 3.94. The van der Waals surface area contributed by atoms with Gasteiger partial charge in [-0.1, -0.05) is 24.8 Å².